The summed E-state index contributed by atoms with van der Waals surface area (Å²) in [6, 6.07) is 16.7. The van der Waals surface area contributed by atoms with Gasteiger partial charge in [0, 0.05) is 11.2 Å². The summed E-state index contributed by atoms with van der Waals surface area (Å²) in [5.74, 6) is 2.83. The molecule has 3 heteroatoms. The minimum absolute atomic E-state index is 0.0515. The van der Waals surface area contributed by atoms with Gasteiger partial charge in [-0.3, -0.25) is 0 Å². The summed E-state index contributed by atoms with van der Waals surface area (Å²) in [6.07, 6.45) is 2.09. The van der Waals surface area contributed by atoms with Crippen molar-refractivity contribution in [3.8, 4) is 11.5 Å². The van der Waals surface area contributed by atoms with Crippen LogP contribution in [0, 0.1) is 0 Å². The number of methoxy groups -OCH3 is 1. The van der Waals surface area contributed by atoms with Gasteiger partial charge in [0.05, 0.1) is 13.7 Å². The normalized spacial score (nSPS) is 11.3. The van der Waals surface area contributed by atoms with Gasteiger partial charge in [0.1, 0.15) is 11.5 Å². The Bertz CT molecular complexity index is 573. The van der Waals surface area contributed by atoms with E-state index in [9.17, 15) is 0 Å². The minimum atomic E-state index is -0.0515. The predicted molar refractivity (Wildman–Crippen MR) is 95.4 cm³/mol. The van der Waals surface area contributed by atoms with Gasteiger partial charge >= 0.3 is 0 Å². The number of hydrogen-bond donors (Lipinski definition) is 0. The summed E-state index contributed by atoms with van der Waals surface area (Å²) in [5, 5.41) is 0. The molecule has 22 heavy (non-hydrogen) atoms. The second kappa shape index (κ2) is 7.59. The van der Waals surface area contributed by atoms with E-state index in [2.05, 4.69) is 56.5 Å². The Hall–Kier alpha value is -1.61. The molecule has 2 nitrogen and oxygen atoms in total. The van der Waals surface area contributed by atoms with Crippen molar-refractivity contribution in [2.45, 2.75) is 19.3 Å². The molecule has 0 aliphatic carbocycles. The number of hydrogen-bond acceptors (Lipinski definition) is 3. The van der Waals surface area contributed by atoms with Gasteiger partial charge in [-0.05, 0) is 41.6 Å². The Balaban J connectivity index is 2.14. The Kier molecular flexibility index (Phi) is 5.78. The van der Waals surface area contributed by atoms with E-state index in [0.29, 0.717) is 0 Å². The summed E-state index contributed by atoms with van der Waals surface area (Å²) >= 11 is 1.79. The molecule has 2 aromatic carbocycles. The third kappa shape index (κ3) is 3.98. The van der Waals surface area contributed by atoms with Gasteiger partial charge in [-0.1, -0.05) is 38.1 Å². The molecule has 0 saturated heterocycles. The Morgan fingerprint density at radius 2 is 1.36 bits per heavy atom. The van der Waals surface area contributed by atoms with Crippen LogP contribution in [-0.4, -0.2) is 25.7 Å². The molecule has 2 rings (SSSR count). The maximum Gasteiger partial charge on any atom is 0.119 e. The van der Waals surface area contributed by atoms with Crippen molar-refractivity contribution in [1.29, 1.82) is 0 Å². The molecule has 2 aromatic rings. The fourth-order valence-corrected chi connectivity index (χ4v) is 2.64. The highest BCUT2D eigenvalue weighted by Gasteiger charge is 2.23. The van der Waals surface area contributed by atoms with E-state index in [4.69, 9.17) is 9.47 Å². The van der Waals surface area contributed by atoms with Gasteiger partial charge in [-0.25, -0.2) is 0 Å². The smallest absolute Gasteiger partial charge is 0.119 e. The first-order chi connectivity index (χ1) is 10.6. The zero-order valence-electron chi connectivity index (χ0n) is 13.8. The zero-order valence-corrected chi connectivity index (χ0v) is 14.6. The van der Waals surface area contributed by atoms with Crippen LogP contribution in [-0.2, 0) is 5.41 Å². The first-order valence-electron chi connectivity index (χ1n) is 7.44. The van der Waals surface area contributed by atoms with Crippen LogP contribution in [0.1, 0.15) is 25.0 Å². The van der Waals surface area contributed by atoms with E-state index in [-0.39, 0.29) is 5.41 Å². The number of rotatable bonds is 7. The zero-order chi connectivity index (χ0) is 16.0. The predicted octanol–water partition coefficient (Wildman–Crippen LogP) is 4.76. The average molecular weight is 316 g/mol. The van der Waals surface area contributed by atoms with E-state index in [1.54, 1.807) is 18.9 Å². The van der Waals surface area contributed by atoms with Crippen LogP contribution < -0.4 is 9.47 Å². The van der Waals surface area contributed by atoms with Crippen LogP contribution in [0.4, 0.5) is 0 Å². The summed E-state index contributed by atoms with van der Waals surface area (Å²) in [4.78, 5) is 0. The van der Waals surface area contributed by atoms with Gasteiger partial charge < -0.3 is 9.47 Å². The quantitative estimate of drug-likeness (QED) is 0.686. The van der Waals surface area contributed by atoms with Crippen molar-refractivity contribution in [3.63, 3.8) is 0 Å². The fourth-order valence-electron chi connectivity index (χ4n) is 2.39. The van der Waals surface area contributed by atoms with Gasteiger partial charge in [-0.2, -0.15) is 11.8 Å². The van der Waals surface area contributed by atoms with E-state index in [1.807, 2.05) is 12.1 Å². The third-order valence-corrected chi connectivity index (χ3v) is 4.52. The lowest BCUT2D eigenvalue weighted by molar-refractivity contribution is 0.344. The van der Waals surface area contributed by atoms with Gasteiger partial charge in [0.2, 0.25) is 0 Å². The second-order valence-corrected chi connectivity index (χ2v) is 6.70. The number of ether oxygens (including phenoxy) is 2. The molecule has 0 amide bonds. The Morgan fingerprint density at radius 3 is 1.82 bits per heavy atom. The maximum atomic E-state index is 5.71. The molecule has 0 heterocycles. The summed E-state index contributed by atoms with van der Waals surface area (Å²) in [6.45, 7) is 5.22. The van der Waals surface area contributed by atoms with Gasteiger partial charge in [-0.15, -0.1) is 0 Å². The molecule has 0 aromatic heterocycles. The van der Waals surface area contributed by atoms with Crippen LogP contribution >= 0.6 is 11.8 Å². The highest BCUT2D eigenvalue weighted by Crippen LogP contribution is 2.33. The van der Waals surface area contributed by atoms with E-state index in [0.717, 1.165) is 23.9 Å². The highest BCUT2D eigenvalue weighted by atomic mass is 32.2. The first-order valence-corrected chi connectivity index (χ1v) is 8.84. The average Bonchev–Trinajstić information content (AvgIpc) is 2.55. The molecule has 0 radical (unpaired) electrons. The molecule has 0 spiro atoms. The molecule has 0 saturated carbocycles. The minimum Gasteiger partial charge on any atom is -0.497 e. The molecule has 0 aliphatic rings. The fraction of sp³-hybridized carbons (Fsp3) is 0.368. The topological polar surface area (TPSA) is 18.5 Å². The van der Waals surface area contributed by atoms with Crippen LogP contribution in [0.15, 0.2) is 48.5 Å². The van der Waals surface area contributed by atoms with Crippen LogP contribution in [0.5, 0.6) is 11.5 Å². The van der Waals surface area contributed by atoms with Gasteiger partial charge in [0.25, 0.3) is 0 Å². The van der Waals surface area contributed by atoms with Crippen molar-refractivity contribution >= 4 is 11.8 Å². The van der Waals surface area contributed by atoms with Crippen LogP contribution in [0.2, 0.25) is 0 Å². The van der Waals surface area contributed by atoms with E-state index in [1.165, 1.54) is 11.1 Å². The van der Waals surface area contributed by atoms with Crippen molar-refractivity contribution in [2.24, 2.45) is 0 Å². The standard InChI is InChI=1S/C19H24O2S/c1-19(2,15-5-9-17(20-3)10-6-15)16-7-11-18(12-8-16)21-13-14-22-4/h5-12H,13-14H2,1-4H3. The summed E-state index contributed by atoms with van der Waals surface area (Å²) in [5.41, 5.74) is 2.49. The van der Waals surface area contributed by atoms with E-state index >= 15 is 0 Å². The molecule has 0 atom stereocenters. The number of benzene rings is 2. The maximum absolute atomic E-state index is 5.71. The number of thioether (sulfide) groups is 1. The Labute approximate surface area is 137 Å². The van der Waals surface area contributed by atoms with E-state index < -0.39 is 0 Å². The van der Waals surface area contributed by atoms with Crippen molar-refractivity contribution < 1.29 is 9.47 Å². The molecule has 118 valence electrons. The lowest BCUT2D eigenvalue weighted by atomic mass is 9.78. The largest absolute Gasteiger partial charge is 0.497 e. The lowest BCUT2D eigenvalue weighted by Gasteiger charge is -2.26. The lowest BCUT2D eigenvalue weighted by Crippen LogP contribution is -2.18. The molecular formula is C19H24O2S. The molecule has 0 unspecified atom stereocenters. The molecule has 0 fully saturated rings. The summed E-state index contributed by atoms with van der Waals surface area (Å²) < 4.78 is 10.9. The molecular weight excluding hydrogens is 292 g/mol. The van der Waals surface area contributed by atoms with Crippen LogP contribution in [0.25, 0.3) is 0 Å². The monoisotopic (exact) mass is 316 g/mol. The van der Waals surface area contributed by atoms with Crippen molar-refractivity contribution in [3.05, 3.63) is 59.7 Å². The Morgan fingerprint density at radius 1 is 0.864 bits per heavy atom. The molecule has 0 bridgehead atoms. The SMILES string of the molecule is COc1ccc(C(C)(C)c2ccc(OCCSC)cc2)cc1. The highest BCUT2D eigenvalue weighted by molar-refractivity contribution is 7.98. The molecule has 0 aliphatic heterocycles. The van der Waals surface area contributed by atoms with Crippen LogP contribution in [0.3, 0.4) is 0 Å². The summed E-state index contributed by atoms with van der Waals surface area (Å²) in [7, 11) is 1.69. The first kappa shape index (κ1) is 16.8. The second-order valence-electron chi connectivity index (χ2n) is 5.72. The molecule has 0 N–H and O–H groups in total. The van der Waals surface area contributed by atoms with Crippen molar-refractivity contribution in [1.82, 2.24) is 0 Å². The van der Waals surface area contributed by atoms with Crippen molar-refractivity contribution in [2.75, 3.05) is 25.7 Å². The third-order valence-electron chi connectivity index (χ3n) is 3.94. The van der Waals surface area contributed by atoms with Gasteiger partial charge in [0.15, 0.2) is 0 Å².